The highest BCUT2D eigenvalue weighted by Gasteiger charge is 2.09. The number of carbonyl (C=O) groups excluding carboxylic acids is 1. The molecule has 0 saturated carbocycles. The number of thiazole rings is 1. The highest BCUT2D eigenvalue weighted by atomic mass is 35.5. The van der Waals surface area contributed by atoms with Crippen molar-refractivity contribution >= 4 is 40.5 Å². The van der Waals surface area contributed by atoms with E-state index in [0.29, 0.717) is 5.69 Å². The average Bonchev–Trinajstić information content (AvgIpc) is 2.84. The fourth-order valence-electron chi connectivity index (χ4n) is 1.42. The van der Waals surface area contributed by atoms with Crippen LogP contribution in [0.3, 0.4) is 0 Å². The summed E-state index contributed by atoms with van der Waals surface area (Å²) in [5.41, 5.74) is 1.73. The zero-order valence-corrected chi connectivity index (χ0v) is 12.2. The zero-order valence-electron chi connectivity index (χ0n) is 9.85. The number of alkyl halides is 1. The molecule has 1 aromatic carbocycles. The van der Waals surface area contributed by atoms with E-state index in [2.05, 4.69) is 30.1 Å². The summed E-state index contributed by atoms with van der Waals surface area (Å²) in [5.74, 6) is 0.664. The first kappa shape index (κ1) is 13.6. The number of benzene rings is 1. The number of hydrogen-bond acceptors (Lipinski definition) is 4. The predicted octanol–water partition coefficient (Wildman–Crippen LogP) is 4.17. The highest BCUT2D eigenvalue weighted by molar-refractivity contribution is 7.98. The van der Waals surface area contributed by atoms with Crippen molar-refractivity contribution in [3.8, 4) is 0 Å². The van der Waals surface area contributed by atoms with E-state index in [1.165, 1.54) is 21.8 Å². The maximum atomic E-state index is 11.4. The lowest BCUT2D eigenvalue weighted by Gasteiger charge is -2.00. The van der Waals surface area contributed by atoms with Crippen molar-refractivity contribution in [3.63, 3.8) is 0 Å². The van der Waals surface area contributed by atoms with Crippen molar-refractivity contribution < 1.29 is 4.79 Å². The Bertz CT molecular complexity index is 553. The van der Waals surface area contributed by atoms with E-state index in [-0.39, 0.29) is 11.7 Å². The number of carbonyl (C=O) groups is 1. The first-order valence-corrected chi connectivity index (χ1v) is 7.82. The van der Waals surface area contributed by atoms with Gasteiger partial charge in [-0.3, -0.25) is 4.79 Å². The molecule has 0 fully saturated rings. The molecule has 0 aliphatic heterocycles. The smallest absolute Gasteiger partial charge is 0.196 e. The van der Waals surface area contributed by atoms with E-state index in [0.717, 1.165) is 10.8 Å². The van der Waals surface area contributed by atoms with Crippen LogP contribution in [0.4, 0.5) is 0 Å². The maximum Gasteiger partial charge on any atom is 0.196 e. The van der Waals surface area contributed by atoms with Gasteiger partial charge in [0.2, 0.25) is 0 Å². The summed E-state index contributed by atoms with van der Waals surface area (Å²) < 4.78 is 0. The number of hydrogen-bond donors (Lipinski definition) is 0. The molecule has 2 nitrogen and oxygen atoms in total. The van der Waals surface area contributed by atoms with Crippen LogP contribution in [0.1, 0.15) is 21.1 Å². The number of ketones is 1. The summed E-state index contributed by atoms with van der Waals surface area (Å²) in [6.07, 6.45) is 0. The summed E-state index contributed by atoms with van der Waals surface area (Å²) >= 11 is 8.73. The van der Waals surface area contributed by atoms with Gasteiger partial charge in [0.05, 0.1) is 11.6 Å². The van der Waals surface area contributed by atoms with Crippen molar-refractivity contribution in [2.45, 2.75) is 17.6 Å². The van der Waals surface area contributed by atoms with Crippen molar-refractivity contribution in [2.24, 2.45) is 0 Å². The molecule has 94 valence electrons. The van der Waals surface area contributed by atoms with Crippen LogP contribution in [0.15, 0.2) is 34.5 Å². The number of Topliss-reactive ketones (excluding diaryl/α,β-unsaturated/α-hetero) is 1. The van der Waals surface area contributed by atoms with Crippen LogP contribution >= 0.6 is 34.7 Å². The van der Waals surface area contributed by atoms with Gasteiger partial charge >= 0.3 is 0 Å². The van der Waals surface area contributed by atoms with E-state index in [9.17, 15) is 4.79 Å². The number of halogens is 1. The Kier molecular flexibility index (Phi) is 4.80. The summed E-state index contributed by atoms with van der Waals surface area (Å²) in [6.45, 7) is 2.07. The number of thioether (sulfide) groups is 1. The van der Waals surface area contributed by atoms with Gasteiger partial charge in [-0.05, 0) is 19.1 Å². The third-order valence-electron chi connectivity index (χ3n) is 2.31. The molecule has 1 heterocycles. The SMILES string of the molecule is Cc1cccc(SCc2nc(C(=O)CCl)cs2)c1. The predicted molar refractivity (Wildman–Crippen MR) is 77.9 cm³/mol. The molecule has 0 aliphatic rings. The van der Waals surface area contributed by atoms with Gasteiger partial charge in [0, 0.05) is 10.3 Å². The number of aryl methyl sites for hydroxylation is 1. The lowest BCUT2D eigenvalue weighted by Crippen LogP contribution is -2.00. The molecule has 0 amide bonds. The molecule has 0 aliphatic carbocycles. The molecular formula is C13H12ClNOS2. The minimum absolute atomic E-state index is 0.00576. The third kappa shape index (κ3) is 3.57. The largest absolute Gasteiger partial charge is 0.291 e. The molecular weight excluding hydrogens is 286 g/mol. The Balaban J connectivity index is 1.98. The number of aromatic nitrogens is 1. The third-order valence-corrected chi connectivity index (χ3v) is 4.59. The van der Waals surface area contributed by atoms with Gasteiger partial charge in [-0.15, -0.1) is 34.7 Å². The number of nitrogens with zero attached hydrogens (tertiary/aromatic N) is 1. The second-order valence-electron chi connectivity index (χ2n) is 3.79. The molecule has 0 unspecified atom stereocenters. The van der Waals surface area contributed by atoms with E-state index in [4.69, 9.17) is 11.6 Å². The molecule has 0 bridgehead atoms. The normalized spacial score (nSPS) is 10.6. The van der Waals surface area contributed by atoms with E-state index >= 15 is 0 Å². The first-order valence-electron chi connectivity index (χ1n) is 5.42. The molecule has 0 N–H and O–H groups in total. The zero-order chi connectivity index (χ0) is 13.0. The summed E-state index contributed by atoms with van der Waals surface area (Å²) in [6, 6.07) is 8.34. The van der Waals surface area contributed by atoms with Crippen LogP contribution in [0, 0.1) is 6.92 Å². The molecule has 0 spiro atoms. The molecule has 0 saturated heterocycles. The minimum atomic E-state index is -0.111. The van der Waals surface area contributed by atoms with Crippen LogP contribution in [0.2, 0.25) is 0 Å². The van der Waals surface area contributed by atoms with E-state index < -0.39 is 0 Å². The van der Waals surface area contributed by atoms with Crippen molar-refractivity contribution in [1.82, 2.24) is 4.98 Å². The Morgan fingerprint density at radius 3 is 3.06 bits per heavy atom. The Morgan fingerprint density at radius 2 is 2.33 bits per heavy atom. The van der Waals surface area contributed by atoms with Gasteiger partial charge < -0.3 is 0 Å². The molecule has 5 heteroatoms. The maximum absolute atomic E-state index is 11.4. The van der Waals surface area contributed by atoms with Crippen LogP contribution in [-0.2, 0) is 5.75 Å². The van der Waals surface area contributed by atoms with E-state index in [1.807, 2.05) is 6.07 Å². The fraction of sp³-hybridized carbons (Fsp3) is 0.231. The summed E-state index contributed by atoms with van der Waals surface area (Å²) in [7, 11) is 0. The van der Waals surface area contributed by atoms with Gasteiger partial charge in [-0.25, -0.2) is 4.98 Å². The molecule has 2 aromatic rings. The Hall–Kier alpha value is -0.840. The lowest BCUT2D eigenvalue weighted by molar-refractivity contribution is 0.101. The topological polar surface area (TPSA) is 30.0 Å². The van der Waals surface area contributed by atoms with Crippen LogP contribution in [0.25, 0.3) is 0 Å². The Morgan fingerprint density at radius 1 is 1.50 bits per heavy atom. The quantitative estimate of drug-likeness (QED) is 0.471. The summed E-state index contributed by atoms with van der Waals surface area (Å²) in [4.78, 5) is 16.9. The number of rotatable bonds is 5. The summed E-state index contributed by atoms with van der Waals surface area (Å²) in [5, 5.41) is 2.73. The van der Waals surface area contributed by atoms with E-state index in [1.54, 1.807) is 17.1 Å². The molecule has 18 heavy (non-hydrogen) atoms. The monoisotopic (exact) mass is 297 g/mol. The van der Waals surface area contributed by atoms with Crippen molar-refractivity contribution in [1.29, 1.82) is 0 Å². The lowest BCUT2D eigenvalue weighted by atomic mass is 10.2. The van der Waals surface area contributed by atoms with Crippen LogP contribution in [0.5, 0.6) is 0 Å². The van der Waals surface area contributed by atoms with Crippen molar-refractivity contribution in [2.75, 3.05) is 5.88 Å². The second kappa shape index (κ2) is 6.36. The van der Waals surface area contributed by atoms with Crippen LogP contribution < -0.4 is 0 Å². The van der Waals surface area contributed by atoms with Crippen molar-refractivity contribution in [3.05, 3.63) is 45.9 Å². The molecule has 0 atom stereocenters. The fourth-order valence-corrected chi connectivity index (χ4v) is 3.39. The van der Waals surface area contributed by atoms with Gasteiger partial charge in [0.25, 0.3) is 0 Å². The molecule has 1 aromatic heterocycles. The minimum Gasteiger partial charge on any atom is -0.291 e. The highest BCUT2D eigenvalue weighted by Crippen LogP contribution is 2.25. The first-order chi connectivity index (χ1) is 8.69. The van der Waals surface area contributed by atoms with Gasteiger partial charge in [-0.1, -0.05) is 17.7 Å². The van der Waals surface area contributed by atoms with Crippen LogP contribution in [-0.4, -0.2) is 16.6 Å². The average molecular weight is 298 g/mol. The standard InChI is InChI=1S/C13H12ClNOS2/c1-9-3-2-4-10(5-9)17-8-13-15-11(7-18-13)12(16)6-14/h2-5,7H,6,8H2,1H3. The second-order valence-corrected chi connectivity index (χ2v) is 6.05. The van der Waals surface area contributed by atoms with Gasteiger partial charge in [0.15, 0.2) is 5.78 Å². The molecule has 0 radical (unpaired) electrons. The van der Waals surface area contributed by atoms with Gasteiger partial charge in [0.1, 0.15) is 10.7 Å². The Labute approximate surface area is 119 Å². The van der Waals surface area contributed by atoms with Gasteiger partial charge in [-0.2, -0.15) is 0 Å². The molecule has 2 rings (SSSR count).